The molecule has 0 aliphatic heterocycles. The molecule has 1 aromatic rings. The molecule has 0 heterocycles. The van der Waals surface area contributed by atoms with Gasteiger partial charge in [-0.25, -0.2) is 0 Å². The first kappa shape index (κ1) is 15.7. The molecule has 8 heteroatoms. The van der Waals surface area contributed by atoms with E-state index in [0.29, 0.717) is 0 Å². The fourth-order valence-electron chi connectivity index (χ4n) is 1.37. The summed E-state index contributed by atoms with van der Waals surface area (Å²) in [5.41, 5.74) is -4.49. The van der Waals surface area contributed by atoms with Gasteiger partial charge >= 0.3 is 12.1 Å². The minimum absolute atomic E-state index is 0.00190. The number of carbonyl (C=O) groups excluding carboxylic acids is 1. The van der Waals surface area contributed by atoms with Crippen LogP contribution in [0.25, 0.3) is 0 Å². The predicted molar refractivity (Wildman–Crippen MR) is 59.4 cm³/mol. The quantitative estimate of drug-likeness (QED) is 0.606. The lowest BCUT2D eigenvalue weighted by atomic mass is 10.1. The highest BCUT2D eigenvalue weighted by molar-refractivity contribution is 8.00. The van der Waals surface area contributed by atoms with Gasteiger partial charge in [0.15, 0.2) is 0 Å². The molecule has 0 aromatic heterocycles. The Hall–Kier alpha value is -1.31. The number of Topliss-reactive ketones (excluding diaryl/α,β-unsaturated/α-hetero) is 1. The fraction of sp³-hybridized carbons (Fsp3) is 0.364. The average Bonchev–Trinajstić information content (AvgIpc) is 2.18. The molecule has 0 bridgehead atoms. The summed E-state index contributed by atoms with van der Waals surface area (Å²) >= 11 is -0.385. The van der Waals surface area contributed by atoms with Gasteiger partial charge in [-0.15, -0.1) is 0 Å². The number of hydrogen-bond acceptors (Lipinski definition) is 3. The molecule has 1 aromatic carbocycles. The minimum atomic E-state index is -4.49. The van der Waals surface area contributed by atoms with Gasteiger partial charge in [0.25, 0.3) is 0 Å². The number of rotatable bonds is 5. The van der Waals surface area contributed by atoms with E-state index in [2.05, 4.69) is 4.74 Å². The van der Waals surface area contributed by atoms with Gasteiger partial charge < -0.3 is 4.74 Å². The molecule has 106 valence electrons. The minimum Gasteiger partial charge on any atom is -0.435 e. The van der Waals surface area contributed by atoms with Crippen molar-refractivity contribution < 1.29 is 31.5 Å². The maximum atomic E-state index is 12.2. The molecular weight excluding hydrogens is 291 g/mol. The van der Waals surface area contributed by atoms with Crippen molar-refractivity contribution in [2.45, 2.75) is 30.4 Å². The maximum Gasteiger partial charge on any atom is 0.446 e. The lowest BCUT2D eigenvalue weighted by Gasteiger charge is -2.12. The molecule has 0 saturated heterocycles. The molecule has 0 saturated carbocycles. The Balaban J connectivity index is 3.03. The number of benzene rings is 1. The van der Waals surface area contributed by atoms with Gasteiger partial charge in [-0.3, -0.25) is 4.79 Å². The number of alkyl halides is 5. The normalized spacial score (nSPS) is 11.7. The Morgan fingerprint density at radius 2 is 2.00 bits per heavy atom. The molecule has 0 atom stereocenters. The van der Waals surface area contributed by atoms with E-state index < -0.39 is 12.1 Å². The van der Waals surface area contributed by atoms with Crippen LogP contribution in [0.2, 0.25) is 0 Å². The topological polar surface area (TPSA) is 26.3 Å². The van der Waals surface area contributed by atoms with Crippen molar-refractivity contribution in [2.75, 3.05) is 0 Å². The number of hydrogen-bond donors (Lipinski definition) is 0. The van der Waals surface area contributed by atoms with E-state index >= 15 is 0 Å². The average molecular weight is 300 g/mol. The van der Waals surface area contributed by atoms with Crippen molar-refractivity contribution in [1.29, 1.82) is 0 Å². The molecule has 2 nitrogen and oxygen atoms in total. The van der Waals surface area contributed by atoms with Crippen LogP contribution in [-0.4, -0.2) is 17.9 Å². The maximum absolute atomic E-state index is 12.2. The van der Waals surface area contributed by atoms with Crippen LogP contribution in [0, 0.1) is 0 Å². The fourth-order valence-corrected chi connectivity index (χ4v) is 1.97. The summed E-state index contributed by atoms with van der Waals surface area (Å²) in [5, 5.41) is 0. The zero-order chi connectivity index (χ0) is 14.6. The largest absolute Gasteiger partial charge is 0.446 e. The highest BCUT2D eigenvalue weighted by Gasteiger charge is 2.29. The van der Waals surface area contributed by atoms with E-state index in [1.165, 1.54) is 6.92 Å². The van der Waals surface area contributed by atoms with Crippen molar-refractivity contribution in [1.82, 2.24) is 0 Å². The van der Waals surface area contributed by atoms with E-state index in [0.717, 1.165) is 18.2 Å². The second-order valence-electron chi connectivity index (χ2n) is 3.57. The Labute approximate surface area is 109 Å². The van der Waals surface area contributed by atoms with Crippen LogP contribution in [0.5, 0.6) is 5.75 Å². The molecule has 0 N–H and O–H groups in total. The second-order valence-corrected chi connectivity index (χ2v) is 4.71. The summed E-state index contributed by atoms with van der Waals surface area (Å²) in [6.07, 6.45) is -0.270. The number of carbonyl (C=O) groups is 1. The summed E-state index contributed by atoms with van der Waals surface area (Å²) in [6.45, 7) is -1.90. The van der Waals surface area contributed by atoms with E-state index in [9.17, 15) is 26.7 Å². The lowest BCUT2D eigenvalue weighted by molar-refractivity contribution is -0.116. The first-order valence-electron chi connectivity index (χ1n) is 5.00. The van der Waals surface area contributed by atoms with Gasteiger partial charge in [0.05, 0.1) is 0 Å². The SMILES string of the molecule is CC(=O)Cc1cc(SC(F)(F)F)ccc1OC(F)F. The molecule has 19 heavy (non-hydrogen) atoms. The monoisotopic (exact) mass is 300 g/mol. The Kier molecular flexibility index (Phi) is 5.16. The van der Waals surface area contributed by atoms with Gasteiger partial charge in [-0.05, 0) is 36.9 Å². The van der Waals surface area contributed by atoms with E-state index in [1.54, 1.807) is 0 Å². The predicted octanol–water partition coefficient (Wildman–Crippen LogP) is 4.03. The molecule has 0 amide bonds. The molecule has 0 radical (unpaired) electrons. The highest BCUT2D eigenvalue weighted by Crippen LogP contribution is 2.38. The van der Waals surface area contributed by atoms with Crippen LogP contribution in [-0.2, 0) is 11.2 Å². The van der Waals surface area contributed by atoms with Gasteiger partial charge in [0.2, 0.25) is 0 Å². The van der Waals surface area contributed by atoms with Crippen molar-refractivity contribution in [3.63, 3.8) is 0 Å². The van der Waals surface area contributed by atoms with Crippen LogP contribution in [0.15, 0.2) is 23.1 Å². The summed E-state index contributed by atoms with van der Waals surface area (Å²) in [4.78, 5) is 10.8. The smallest absolute Gasteiger partial charge is 0.435 e. The molecule has 0 aliphatic carbocycles. The Morgan fingerprint density at radius 1 is 1.37 bits per heavy atom. The van der Waals surface area contributed by atoms with Gasteiger partial charge in [0.1, 0.15) is 11.5 Å². The van der Waals surface area contributed by atoms with Gasteiger partial charge in [-0.1, -0.05) is 0 Å². The van der Waals surface area contributed by atoms with Crippen LogP contribution in [0.1, 0.15) is 12.5 Å². The molecule has 0 unspecified atom stereocenters. The summed E-state index contributed by atoms with van der Waals surface area (Å²) in [6, 6.07) is 3.04. The van der Waals surface area contributed by atoms with Crippen LogP contribution >= 0.6 is 11.8 Å². The van der Waals surface area contributed by atoms with E-state index in [1.807, 2.05) is 0 Å². The molecule has 0 aliphatic rings. The molecule has 0 fully saturated rings. The van der Waals surface area contributed by atoms with Crippen molar-refractivity contribution in [2.24, 2.45) is 0 Å². The van der Waals surface area contributed by atoms with Crippen molar-refractivity contribution >= 4 is 17.5 Å². The third kappa shape index (κ3) is 5.91. The molecular formula is C11H9F5O2S. The molecule has 1 rings (SSSR count). The van der Waals surface area contributed by atoms with Crippen molar-refractivity contribution in [3.05, 3.63) is 23.8 Å². The summed E-state index contributed by atoms with van der Waals surface area (Å²) in [5.74, 6) is -0.662. The highest BCUT2D eigenvalue weighted by atomic mass is 32.2. The van der Waals surface area contributed by atoms with E-state index in [4.69, 9.17) is 0 Å². The number of ether oxygens (including phenoxy) is 1. The van der Waals surface area contributed by atoms with Crippen LogP contribution in [0.4, 0.5) is 22.0 Å². The number of thioether (sulfide) groups is 1. The summed E-state index contributed by atoms with van der Waals surface area (Å²) in [7, 11) is 0. The number of halogens is 5. The Bertz CT molecular complexity index is 459. The Morgan fingerprint density at radius 3 is 2.47 bits per heavy atom. The van der Waals surface area contributed by atoms with Crippen LogP contribution in [0.3, 0.4) is 0 Å². The zero-order valence-corrected chi connectivity index (χ0v) is 10.4. The second kappa shape index (κ2) is 6.23. The zero-order valence-electron chi connectivity index (χ0n) is 9.63. The first-order valence-corrected chi connectivity index (χ1v) is 5.82. The van der Waals surface area contributed by atoms with Crippen molar-refractivity contribution in [3.8, 4) is 5.75 Å². The molecule has 0 spiro atoms. The standard InChI is InChI=1S/C11H9F5O2S/c1-6(17)4-7-5-8(19-11(14,15)16)2-3-9(7)18-10(12)13/h2-3,5,10H,4H2,1H3. The first-order chi connectivity index (χ1) is 8.67. The summed E-state index contributed by atoms with van der Waals surface area (Å²) < 4.78 is 65.0. The lowest BCUT2D eigenvalue weighted by Crippen LogP contribution is -2.07. The third-order valence-electron chi connectivity index (χ3n) is 1.92. The van der Waals surface area contributed by atoms with Crippen LogP contribution < -0.4 is 4.74 Å². The van der Waals surface area contributed by atoms with E-state index in [-0.39, 0.29) is 40.2 Å². The number of ketones is 1. The third-order valence-corrected chi connectivity index (χ3v) is 2.64. The van der Waals surface area contributed by atoms with Gasteiger partial charge in [-0.2, -0.15) is 22.0 Å². The van der Waals surface area contributed by atoms with Gasteiger partial charge in [0, 0.05) is 16.9 Å².